The lowest BCUT2D eigenvalue weighted by Gasteiger charge is -2.30. The molecule has 0 aromatic heterocycles. The number of hydrogen-bond acceptors (Lipinski definition) is 4. The highest BCUT2D eigenvalue weighted by Crippen LogP contribution is 2.54. The third kappa shape index (κ3) is 1.89. The molecule has 3 aliphatic rings. The SMILES string of the molecule is CCC(C)N1C(=O)C2C(C)NC3(C(=O)Nc4c3ccc(Cl)c4C)C2C1=O. The van der Waals surface area contributed by atoms with E-state index in [9.17, 15) is 14.4 Å². The number of nitrogens with one attached hydrogen (secondary N) is 2. The fourth-order valence-corrected chi connectivity index (χ4v) is 4.95. The Labute approximate surface area is 157 Å². The summed E-state index contributed by atoms with van der Waals surface area (Å²) in [6.45, 7) is 7.52. The van der Waals surface area contributed by atoms with Gasteiger partial charge in [-0.15, -0.1) is 0 Å². The zero-order valence-corrected chi connectivity index (χ0v) is 16.0. The number of fused-ring (bicyclic) bond motifs is 4. The number of likely N-dealkylation sites (tertiary alicyclic amines) is 1. The summed E-state index contributed by atoms with van der Waals surface area (Å²) in [4.78, 5) is 40.7. The first kappa shape index (κ1) is 17.5. The second-order valence-corrected chi connectivity index (χ2v) is 8.00. The first-order valence-corrected chi connectivity index (χ1v) is 9.39. The molecule has 1 aromatic carbocycles. The highest BCUT2D eigenvalue weighted by atomic mass is 35.5. The lowest BCUT2D eigenvalue weighted by Crippen LogP contribution is -2.53. The van der Waals surface area contributed by atoms with Crippen molar-refractivity contribution in [3.63, 3.8) is 0 Å². The number of rotatable bonds is 2. The van der Waals surface area contributed by atoms with Crippen LogP contribution in [0.2, 0.25) is 5.02 Å². The van der Waals surface area contributed by atoms with Gasteiger partial charge in [0.05, 0.1) is 17.5 Å². The molecule has 26 heavy (non-hydrogen) atoms. The Morgan fingerprint density at radius 1 is 1.27 bits per heavy atom. The van der Waals surface area contributed by atoms with Crippen molar-refractivity contribution in [2.75, 3.05) is 5.32 Å². The summed E-state index contributed by atoms with van der Waals surface area (Å²) < 4.78 is 0. The molecule has 0 aliphatic carbocycles. The van der Waals surface area contributed by atoms with E-state index in [-0.39, 0.29) is 29.8 Å². The molecular formula is C19H22ClN3O3. The van der Waals surface area contributed by atoms with Crippen LogP contribution < -0.4 is 10.6 Å². The first-order chi connectivity index (χ1) is 12.3. The number of amides is 3. The predicted octanol–water partition coefficient (Wildman–Crippen LogP) is 2.19. The van der Waals surface area contributed by atoms with Gasteiger partial charge < -0.3 is 5.32 Å². The Morgan fingerprint density at radius 2 is 1.96 bits per heavy atom. The van der Waals surface area contributed by atoms with Crippen LogP contribution in [0, 0.1) is 18.8 Å². The van der Waals surface area contributed by atoms with Crippen LogP contribution in [-0.2, 0) is 19.9 Å². The van der Waals surface area contributed by atoms with E-state index in [0.717, 1.165) is 5.56 Å². The average Bonchev–Trinajstić information content (AvgIpc) is 3.16. The number of hydrogen-bond donors (Lipinski definition) is 2. The molecule has 7 heteroatoms. The number of halogens is 1. The monoisotopic (exact) mass is 375 g/mol. The summed E-state index contributed by atoms with van der Waals surface area (Å²) in [5, 5.41) is 6.75. The molecule has 0 radical (unpaired) electrons. The maximum Gasteiger partial charge on any atom is 0.250 e. The van der Waals surface area contributed by atoms with Gasteiger partial charge in [-0.2, -0.15) is 0 Å². The van der Waals surface area contributed by atoms with E-state index in [2.05, 4.69) is 10.6 Å². The number of nitrogens with zero attached hydrogens (tertiary/aromatic N) is 1. The third-order valence-corrected chi connectivity index (χ3v) is 6.71. The summed E-state index contributed by atoms with van der Waals surface area (Å²) in [6, 6.07) is 3.07. The van der Waals surface area contributed by atoms with Crippen molar-refractivity contribution in [3.05, 3.63) is 28.3 Å². The minimum absolute atomic E-state index is 0.180. The average molecular weight is 376 g/mol. The molecule has 4 rings (SSSR count). The largest absolute Gasteiger partial charge is 0.324 e. The molecule has 0 bridgehead atoms. The van der Waals surface area contributed by atoms with Gasteiger partial charge in [0.2, 0.25) is 17.7 Å². The highest BCUT2D eigenvalue weighted by molar-refractivity contribution is 6.32. The summed E-state index contributed by atoms with van der Waals surface area (Å²) in [6.07, 6.45) is 0.684. The van der Waals surface area contributed by atoms with Crippen LogP contribution in [0.25, 0.3) is 0 Å². The topological polar surface area (TPSA) is 78.5 Å². The fraction of sp³-hybridized carbons (Fsp3) is 0.526. The Bertz CT molecular complexity index is 855. The Morgan fingerprint density at radius 3 is 2.62 bits per heavy atom. The van der Waals surface area contributed by atoms with E-state index < -0.39 is 17.4 Å². The molecule has 5 unspecified atom stereocenters. The summed E-state index contributed by atoms with van der Waals surface area (Å²) in [5.74, 6) is -2.01. The Balaban J connectivity index is 1.90. The molecule has 6 nitrogen and oxygen atoms in total. The van der Waals surface area contributed by atoms with Gasteiger partial charge in [0, 0.05) is 22.7 Å². The zero-order valence-electron chi connectivity index (χ0n) is 15.2. The normalized spacial score (nSPS) is 33.7. The van der Waals surface area contributed by atoms with Crippen molar-refractivity contribution >= 4 is 35.0 Å². The van der Waals surface area contributed by atoms with Gasteiger partial charge in [0.25, 0.3) is 0 Å². The molecule has 1 aromatic rings. The standard InChI is InChI=1S/C19H22ClN3O3/c1-5-8(2)23-16(24)13-10(4)22-19(14(13)17(23)25)11-6-7-12(20)9(3)15(11)21-18(19)26/h6-8,10,13-14,22H,5H2,1-4H3,(H,21,26). The quantitative estimate of drug-likeness (QED) is 0.777. The molecule has 1 spiro atoms. The van der Waals surface area contributed by atoms with Crippen molar-refractivity contribution < 1.29 is 14.4 Å². The molecule has 2 saturated heterocycles. The predicted molar refractivity (Wildman–Crippen MR) is 97.7 cm³/mol. The second kappa shape index (κ2) is 5.54. The smallest absolute Gasteiger partial charge is 0.250 e. The van der Waals surface area contributed by atoms with Crippen LogP contribution in [0.5, 0.6) is 0 Å². The van der Waals surface area contributed by atoms with E-state index in [1.165, 1.54) is 4.90 Å². The van der Waals surface area contributed by atoms with Crippen LogP contribution in [-0.4, -0.2) is 34.7 Å². The number of benzene rings is 1. The number of carbonyl (C=O) groups is 3. The molecule has 3 amide bonds. The third-order valence-electron chi connectivity index (χ3n) is 6.30. The lowest BCUT2D eigenvalue weighted by molar-refractivity contribution is -0.145. The van der Waals surface area contributed by atoms with E-state index in [4.69, 9.17) is 11.6 Å². The molecule has 138 valence electrons. The summed E-state index contributed by atoms with van der Waals surface area (Å²) in [5.41, 5.74) is 0.896. The molecule has 3 heterocycles. The van der Waals surface area contributed by atoms with Gasteiger partial charge in [0.15, 0.2) is 0 Å². The van der Waals surface area contributed by atoms with E-state index in [1.54, 1.807) is 12.1 Å². The molecule has 5 atom stereocenters. The van der Waals surface area contributed by atoms with Crippen LogP contribution in [0.3, 0.4) is 0 Å². The highest BCUT2D eigenvalue weighted by Gasteiger charge is 2.70. The van der Waals surface area contributed by atoms with Gasteiger partial charge in [-0.1, -0.05) is 24.6 Å². The van der Waals surface area contributed by atoms with Crippen molar-refractivity contribution in [2.45, 2.75) is 51.7 Å². The van der Waals surface area contributed by atoms with Crippen LogP contribution in [0.4, 0.5) is 5.69 Å². The fourth-order valence-electron chi connectivity index (χ4n) is 4.79. The minimum atomic E-state index is -1.22. The number of carbonyl (C=O) groups excluding carboxylic acids is 3. The zero-order chi connectivity index (χ0) is 19.0. The van der Waals surface area contributed by atoms with Gasteiger partial charge in [0.1, 0.15) is 5.54 Å². The molecule has 0 saturated carbocycles. The summed E-state index contributed by atoms with van der Waals surface area (Å²) in [7, 11) is 0. The van der Waals surface area contributed by atoms with Crippen molar-refractivity contribution in [1.82, 2.24) is 10.2 Å². The molecule has 2 fully saturated rings. The molecule has 3 aliphatic heterocycles. The van der Waals surface area contributed by atoms with Crippen LogP contribution in [0.15, 0.2) is 12.1 Å². The van der Waals surface area contributed by atoms with Crippen LogP contribution in [0.1, 0.15) is 38.3 Å². The Kier molecular flexibility index (Phi) is 3.72. The maximum absolute atomic E-state index is 13.3. The van der Waals surface area contributed by atoms with Gasteiger partial charge in [-0.05, 0) is 38.8 Å². The van der Waals surface area contributed by atoms with E-state index >= 15 is 0 Å². The molecular weight excluding hydrogens is 354 g/mol. The van der Waals surface area contributed by atoms with E-state index in [1.807, 2.05) is 27.7 Å². The minimum Gasteiger partial charge on any atom is -0.324 e. The van der Waals surface area contributed by atoms with E-state index in [0.29, 0.717) is 22.7 Å². The van der Waals surface area contributed by atoms with Crippen LogP contribution >= 0.6 is 11.6 Å². The first-order valence-electron chi connectivity index (χ1n) is 9.01. The molecule has 2 N–H and O–H groups in total. The van der Waals surface area contributed by atoms with Crippen molar-refractivity contribution in [3.8, 4) is 0 Å². The summed E-state index contributed by atoms with van der Waals surface area (Å²) >= 11 is 6.21. The van der Waals surface area contributed by atoms with Gasteiger partial charge >= 0.3 is 0 Å². The second-order valence-electron chi connectivity index (χ2n) is 7.60. The number of anilines is 1. The Hall–Kier alpha value is -1.92. The number of imide groups is 1. The van der Waals surface area contributed by atoms with Crippen molar-refractivity contribution in [1.29, 1.82) is 0 Å². The maximum atomic E-state index is 13.3. The van der Waals surface area contributed by atoms with Gasteiger partial charge in [-0.25, -0.2) is 0 Å². The van der Waals surface area contributed by atoms with Gasteiger partial charge in [-0.3, -0.25) is 24.6 Å². The van der Waals surface area contributed by atoms with Crippen molar-refractivity contribution in [2.24, 2.45) is 11.8 Å². The lowest BCUT2D eigenvalue weighted by atomic mass is 9.76.